The quantitative estimate of drug-likeness (QED) is 0.622. The third kappa shape index (κ3) is 3.54. The number of aromatic nitrogens is 2. The van der Waals surface area contributed by atoms with E-state index in [9.17, 15) is 25.0 Å². The van der Waals surface area contributed by atoms with E-state index in [1.807, 2.05) is 0 Å². The van der Waals surface area contributed by atoms with Crippen molar-refractivity contribution in [3.05, 3.63) is 50.3 Å². The molecule has 1 aromatic carbocycles. The second kappa shape index (κ2) is 6.95. The lowest BCUT2D eigenvalue weighted by molar-refractivity contribution is -0.385. The number of hydrogen-bond donors (Lipinski definition) is 1. The zero-order valence-corrected chi connectivity index (χ0v) is 13.6. The number of carbonyl (C=O) groups is 1. The standard InChI is InChI=1S/C14H15N5O6/c1-8-13(19(23)24)7-15-17(8)9(2)14(20)16-11-5-4-10(25-3)6-12(11)18(21)22/h4-7,9H,1-3H3,(H,16,20). The van der Waals surface area contributed by atoms with Crippen LogP contribution in [0.4, 0.5) is 17.1 Å². The smallest absolute Gasteiger partial charge is 0.309 e. The summed E-state index contributed by atoms with van der Waals surface area (Å²) in [7, 11) is 1.37. The van der Waals surface area contributed by atoms with Crippen LogP contribution in [0.5, 0.6) is 5.75 Å². The Bertz CT molecular complexity index is 846. The summed E-state index contributed by atoms with van der Waals surface area (Å²) in [6, 6.07) is 3.09. The van der Waals surface area contributed by atoms with Crippen LogP contribution in [0, 0.1) is 27.2 Å². The molecule has 132 valence electrons. The van der Waals surface area contributed by atoms with E-state index in [-0.39, 0.29) is 28.5 Å². The molecule has 25 heavy (non-hydrogen) atoms. The van der Waals surface area contributed by atoms with Gasteiger partial charge in [0.05, 0.1) is 23.0 Å². The highest BCUT2D eigenvalue weighted by atomic mass is 16.6. The van der Waals surface area contributed by atoms with Gasteiger partial charge in [-0.25, -0.2) is 0 Å². The van der Waals surface area contributed by atoms with Crippen LogP contribution in [0.15, 0.2) is 24.4 Å². The average Bonchev–Trinajstić information content (AvgIpc) is 2.95. The molecule has 0 bridgehead atoms. The first-order valence-electron chi connectivity index (χ1n) is 7.08. The van der Waals surface area contributed by atoms with Crippen molar-refractivity contribution in [1.29, 1.82) is 0 Å². The van der Waals surface area contributed by atoms with Crippen molar-refractivity contribution >= 4 is 23.0 Å². The highest BCUT2D eigenvalue weighted by Crippen LogP contribution is 2.30. The van der Waals surface area contributed by atoms with Crippen LogP contribution in [0.1, 0.15) is 18.7 Å². The maximum Gasteiger partial charge on any atom is 0.309 e. The molecule has 0 spiro atoms. The van der Waals surface area contributed by atoms with Gasteiger partial charge in [0.25, 0.3) is 5.69 Å². The fourth-order valence-corrected chi connectivity index (χ4v) is 2.23. The zero-order chi connectivity index (χ0) is 18.7. The molecule has 1 N–H and O–H groups in total. The van der Waals surface area contributed by atoms with Gasteiger partial charge in [-0.1, -0.05) is 0 Å². The predicted molar refractivity (Wildman–Crippen MR) is 86.6 cm³/mol. The molecule has 1 atom stereocenters. The Morgan fingerprint density at radius 3 is 2.44 bits per heavy atom. The number of nitro groups is 2. The molecule has 2 rings (SSSR count). The maximum atomic E-state index is 12.4. The number of nitro benzene ring substituents is 1. The molecule has 0 aliphatic heterocycles. The van der Waals surface area contributed by atoms with Crippen molar-refractivity contribution in [2.75, 3.05) is 12.4 Å². The van der Waals surface area contributed by atoms with Gasteiger partial charge in [-0.05, 0) is 26.0 Å². The van der Waals surface area contributed by atoms with Crippen LogP contribution in [0.3, 0.4) is 0 Å². The summed E-state index contributed by atoms with van der Waals surface area (Å²) >= 11 is 0. The molecular weight excluding hydrogens is 334 g/mol. The minimum atomic E-state index is -0.907. The van der Waals surface area contributed by atoms with E-state index >= 15 is 0 Å². The summed E-state index contributed by atoms with van der Waals surface area (Å²) in [4.78, 5) is 33.1. The zero-order valence-electron chi connectivity index (χ0n) is 13.6. The van der Waals surface area contributed by atoms with Crippen LogP contribution in [0.25, 0.3) is 0 Å². The number of amides is 1. The van der Waals surface area contributed by atoms with Gasteiger partial charge in [0.1, 0.15) is 29.4 Å². The minimum absolute atomic E-state index is 0.0121. The first-order chi connectivity index (χ1) is 11.8. The molecule has 0 saturated carbocycles. The Labute approximate surface area is 141 Å². The first-order valence-corrected chi connectivity index (χ1v) is 7.08. The highest BCUT2D eigenvalue weighted by Gasteiger charge is 2.25. The first kappa shape index (κ1) is 17.8. The summed E-state index contributed by atoms with van der Waals surface area (Å²) in [5, 5.41) is 28.3. The third-order valence-electron chi connectivity index (χ3n) is 3.62. The van der Waals surface area contributed by atoms with Crippen LogP contribution < -0.4 is 10.1 Å². The maximum absolute atomic E-state index is 12.4. The lowest BCUT2D eigenvalue weighted by Gasteiger charge is -2.14. The summed E-state index contributed by atoms with van der Waals surface area (Å²) in [5.74, 6) is -0.328. The molecule has 0 aliphatic rings. The summed E-state index contributed by atoms with van der Waals surface area (Å²) in [6.07, 6.45) is 1.05. The fourth-order valence-electron chi connectivity index (χ4n) is 2.23. The number of nitrogens with one attached hydrogen (secondary N) is 1. The molecule has 0 saturated heterocycles. The number of rotatable bonds is 6. The summed E-state index contributed by atoms with van der Waals surface area (Å²) in [5.41, 5.74) is -0.350. The molecule has 1 amide bonds. The van der Waals surface area contributed by atoms with Gasteiger partial charge in [0, 0.05) is 0 Å². The van der Waals surface area contributed by atoms with E-state index in [0.717, 1.165) is 6.20 Å². The molecule has 0 radical (unpaired) electrons. The number of benzene rings is 1. The highest BCUT2D eigenvalue weighted by molar-refractivity contribution is 5.95. The Balaban J connectivity index is 2.28. The largest absolute Gasteiger partial charge is 0.496 e. The molecular formula is C14H15N5O6. The fraction of sp³-hybridized carbons (Fsp3) is 0.286. The number of ether oxygens (including phenoxy) is 1. The Morgan fingerprint density at radius 2 is 1.92 bits per heavy atom. The lowest BCUT2D eigenvalue weighted by Crippen LogP contribution is -2.25. The number of methoxy groups -OCH3 is 1. The van der Waals surface area contributed by atoms with Gasteiger partial charge in [-0.3, -0.25) is 29.7 Å². The molecule has 1 aromatic heterocycles. The topological polar surface area (TPSA) is 142 Å². The Morgan fingerprint density at radius 1 is 1.28 bits per heavy atom. The normalized spacial score (nSPS) is 11.6. The van der Waals surface area contributed by atoms with Gasteiger partial charge in [0.15, 0.2) is 0 Å². The minimum Gasteiger partial charge on any atom is -0.496 e. The predicted octanol–water partition coefficient (Wildman–Crippen LogP) is 2.22. The van der Waals surface area contributed by atoms with Gasteiger partial charge < -0.3 is 10.1 Å². The lowest BCUT2D eigenvalue weighted by atomic mass is 10.2. The van der Waals surface area contributed by atoms with Crippen LogP contribution in [0.2, 0.25) is 0 Å². The SMILES string of the molecule is COc1ccc(NC(=O)C(C)n2ncc([N+](=O)[O-])c2C)c([N+](=O)[O-])c1. The monoisotopic (exact) mass is 349 g/mol. The van der Waals surface area contributed by atoms with E-state index < -0.39 is 21.8 Å². The molecule has 2 aromatic rings. The molecule has 1 unspecified atom stereocenters. The van der Waals surface area contributed by atoms with E-state index in [2.05, 4.69) is 10.4 Å². The van der Waals surface area contributed by atoms with Crippen molar-refractivity contribution in [3.63, 3.8) is 0 Å². The van der Waals surface area contributed by atoms with E-state index in [1.165, 1.54) is 43.8 Å². The molecule has 0 aliphatic carbocycles. The molecule has 11 heteroatoms. The second-order valence-electron chi connectivity index (χ2n) is 5.12. The molecule has 0 fully saturated rings. The average molecular weight is 349 g/mol. The number of carbonyl (C=O) groups excluding carboxylic acids is 1. The second-order valence-corrected chi connectivity index (χ2v) is 5.12. The van der Waals surface area contributed by atoms with Crippen molar-refractivity contribution < 1.29 is 19.4 Å². The summed E-state index contributed by atoms with van der Waals surface area (Å²) in [6.45, 7) is 2.94. The van der Waals surface area contributed by atoms with Gasteiger partial charge >= 0.3 is 5.69 Å². The van der Waals surface area contributed by atoms with Gasteiger partial charge in [-0.15, -0.1) is 0 Å². The number of nitrogens with zero attached hydrogens (tertiary/aromatic N) is 4. The van der Waals surface area contributed by atoms with Crippen molar-refractivity contribution in [3.8, 4) is 5.75 Å². The number of anilines is 1. The van der Waals surface area contributed by atoms with E-state index in [1.54, 1.807) is 0 Å². The van der Waals surface area contributed by atoms with E-state index in [4.69, 9.17) is 4.74 Å². The van der Waals surface area contributed by atoms with Crippen LogP contribution in [-0.4, -0.2) is 32.6 Å². The van der Waals surface area contributed by atoms with Crippen molar-refractivity contribution in [1.82, 2.24) is 9.78 Å². The third-order valence-corrected chi connectivity index (χ3v) is 3.62. The van der Waals surface area contributed by atoms with Crippen molar-refractivity contribution in [2.24, 2.45) is 0 Å². The van der Waals surface area contributed by atoms with Crippen LogP contribution >= 0.6 is 0 Å². The van der Waals surface area contributed by atoms with Crippen molar-refractivity contribution in [2.45, 2.75) is 19.9 Å². The Kier molecular flexibility index (Phi) is 4.96. The van der Waals surface area contributed by atoms with Gasteiger partial charge in [0.2, 0.25) is 5.91 Å². The summed E-state index contributed by atoms with van der Waals surface area (Å²) < 4.78 is 6.11. The molecule has 1 heterocycles. The van der Waals surface area contributed by atoms with E-state index in [0.29, 0.717) is 0 Å². The Hall–Kier alpha value is -3.50. The molecule has 11 nitrogen and oxygen atoms in total. The van der Waals surface area contributed by atoms with Gasteiger partial charge in [-0.2, -0.15) is 5.10 Å². The number of hydrogen-bond acceptors (Lipinski definition) is 7. The van der Waals surface area contributed by atoms with Crippen LogP contribution in [-0.2, 0) is 4.79 Å².